The Hall–Kier alpha value is -2.37. The molecule has 0 radical (unpaired) electrons. The summed E-state index contributed by atoms with van der Waals surface area (Å²) in [5.74, 6) is 0.885. The fourth-order valence-electron chi connectivity index (χ4n) is 2.00. The molecule has 0 saturated carbocycles. The van der Waals surface area contributed by atoms with E-state index in [1.165, 1.54) is 6.20 Å². The van der Waals surface area contributed by atoms with Crippen LogP contribution in [0.4, 0.5) is 5.82 Å². The summed E-state index contributed by atoms with van der Waals surface area (Å²) in [5.41, 5.74) is 7.63. The average Bonchev–Trinajstić information content (AvgIpc) is 2.69. The smallest absolute Gasteiger partial charge is 0.253 e. The van der Waals surface area contributed by atoms with Crippen LogP contribution in [0.25, 0.3) is 0 Å². The van der Waals surface area contributed by atoms with Gasteiger partial charge in [-0.05, 0) is 32.9 Å². The first-order valence-corrected chi connectivity index (χ1v) is 5.94. The molecule has 0 bridgehead atoms. The van der Waals surface area contributed by atoms with Crippen molar-refractivity contribution in [1.82, 2.24) is 15.5 Å². The van der Waals surface area contributed by atoms with Crippen LogP contribution >= 0.6 is 0 Å². The summed E-state index contributed by atoms with van der Waals surface area (Å²) >= 11 is 0. The van der Waals surface area contributed by atoms with Gasteiger partial charge in [0, 0.05) is 11.8 Å². The van der Waals surface area contributed by atoms with Gasteiger partial charge in [0.15, 0.2) is 0 Å². The number of aryl methyl sites for hydroxylation is 2. The maximum atomic E-state index is 12.0. The molecule has 1 amide bonds. The number of pyridine rings is 1. The van der Waals surface area contributed by atoms with Crippen LogP contribution in [0.1, 0.15) is 40.3 Å². The van der Waals surface area contributed by atoms with Gasteiger partial charge < -0.3 is 15.6 Å². The van der Waals surface area contributed by atoms with Gasteiger partial charge in [0.2, 0.25) is 0 Å². The SMILES string of the molecule is Cc1noc(C)c1C(C)NC(=O)c1ccc(N)nc1. The van der Waals surface area contributed by atoms with Crippen molar-refractivity contribution in [1.29, 1.82) is 0 Å². The van der Waals surface area contributed by atoms with Gasteiger partial charge in [-0.2, -0.15) is 0 Å². The highest BCUT2D eigenvalue weighted by molar-refractivity contribution is 5.94. The fraction of sp³-hybridized carbons (Fsp3) is 0.308. The predicted octanol–water partition coefficient (Wildman–Crippen LogP) is 1.76. The summed E-state index contributed by atoms with van der Waals surface area (Å²) in [4.78, 5) is 15.9. The molecule has 0 aliphatic rings. The number of rotatable bonds is 3. The van der Waals surface area contributed by atoms with E-state index in [4.69, 9.17) is 10.3 Å². The van der Waals surface area contributed by atoms with Crippen LogP contribution in [0.3, 0.4) is 0 Å². The molecule has 3 N–H and O–H groups in total. The normalized spacial score (nSPS) is 12.2. The van der Waals surface area contributed by atoms with Crippen molar-refractivity contribution < 1.29 is 9.32 Å². The summed E-state index contributed by atoms with van der Waals surface area (Å²) < 4.78 is 5.09. The minimum absolute atomic E-state index is 0.184. The molecule has 1 atom stereocenters. The van der Waals surface area contributed by atoms with Gasteiger partial charge >= 0.3 is 0 Å². The number of anilines is 1. The average molecular weight is 260 g/mol. The first-order chi connectivity index (χ1) is 8.99. The zero-order chi connectivity index (χ0) is 14.0. The van der Waals surface area contributed by atoms with Crippen LogP contribution in [0.15, 0.2) is 22.9 Å². The lowest BCUT2D eigenvalue weighted by Crippen LogP contribution is -2.27. The van der Waals surface area contributed by atoms with E-state index in [0.717, 1.165) is 11.3 Å². The second-order valence-electron chi connectivity index (χ2n) is 4.40. The van der Waals surface area contributed by atoms with Crippen molar-refractivity contribution in [2.24, 2.45) is 0 Å². The van der Waals surface area contributed by atoms with E-state index >= 15 is 0 Å². The molecule has 0 spiro atoms. The molecule has 0 aliphatic heterocycles. The van der Waals surface area contributed by atoms with Gasteiger partial charge in [0.05, 0.1) is 17.3 Å². The van der Waals surface area contributed by atoms with E-state index < -0.39 is 0 Å². The van der Waals surface area contributed by atoms with Crippen LogP contribution in [-0.2, 0) is 0 Å². The van der Waals surface area contributed by atoms with Crippen molar-refractivity contribution in [3.05, 3.63) is 40.9 Å². The van der Waals surface area contributed by atoms with Gasteiger partial charge in [0.25, 0.3) is 5.91 Å². The number of carbonyl (C=O) groups excluding carboxylic acids is 1. The molecule has 6 heteroatoms. The van der Waals surface area contributed by atoms with E-state index in [1.807, 2.05) is 20.8 Å². The van der Waals surface area contributed by atoms with E-state index in [2.05, 4.69) is 15.5 Å². The Bertz CT molecular complexity index is 570. The Labute approximate surface area is 111 Å². The second-order valence-corrected chi connectivity index (χ2v) is 4.40. The Morgan fingerprint density at radius 3 is 2.68 bits per heavy atom. The topological polar surface area (TPSA) is 94.0 Å². The van der Waals surface area contributed by atoms with Crippen LogP contribution in [0, 0.1) is 13.8 Å². The lowest BCUT2D eigenvalue weighted by atomic mass is 10.1. The molecule has 0 aromatic carbocycles. The molecule has 100 valence electrons. The molecule has 0 fully saturated rings. The summed E-state index contributed by atoms with van der Waals surface area (Å²) in [7, 11) is 0. The fourth-order valence-corrected chi connectivity index (χ4v) is 2.00. The van der Waals surface area contributed by atoms with Crippen LogP contribution < -0.4 is 11.1 Å². The summed E-state index contributed by atoms with van der Waals surface area (Å²) in [6.45, 7) is 5.55. The van der Waals surface area contributed by atoms with Gasteiger partial charge in [-0.3, -0.25) is 4.79 Å². The minimum atomic E-state index is -0.208. The second kappa shape index (κ2) is 5.09. The van der Waals surface area contributed by atoms with Gasteiger partial charge in [-0.25, -0.2) is 4.98 Å². The van der Waals surface area contributed by atoms with E-state index in [1.54, 1.807) is 12.1 Å². The highest BCUT2D eigenvalue weighted by Crippen LogP contribution is 2.21. The van der Waals surface area contributed by atoms with Gasteiger partial charge in [0.1, 0.15) is 11.6 Å². The molecule has 0 aliphatic carbocycles. The monoisotopic (exact) mass is 260 g/mol. The molecule has 1 unspecified atom stereocenters. The number of hydrogen-bond donors (Lipinski definition) is 2. The van der Waals surface area contributed by atoms with Crippen molar-refractivity contribution in [3.8, 4) is 0 Å². The zero-order valence-corrected chi connectivity index (χ0v) is 11.1. The minimum Gasteiger partial charge on any atom is -0.384 e. The maximum Gasteiger partial charge on any atom is 0.253 e. The lowest BCUT2D eigenvalue weighted by molar-refractivity contribution is 0.0939. The van der Waals surface area contributed by atoms with Gasteiger partial charge in [-0.1, -0.05) is 5.16 Å². The number of nitrogens with two attached hydrogens (primary N) is 1. The number of carbonyl (C=O) groups is 1. The third kappa shape index (κ3) is 2.73. The molecule has 6 nitrogen and oxygen atoms in total. The van der Waals surface area contributed by atoms with Gasteiger partial charge in [-0.15, -0.1) is 0 Å². The Kier molecular flexibility index (Phi) is 3.50. The summed E-state index contributed by atoms with van der Waals surface area (Å²) in [6.07, 6.45) is 1.45. The number of amides is 1. The number of nitrogens with zero attached hydrogens (tertiary/aromatic N) is 2. The molecule has 2 aromatic heterocycles. The number of hydrogen-bond acceptors (Lipinski definition) is 5. The van der Waals surface area contributed by atoms with Crippen molar-refractivity contribution in [2.45, 2.75) is 26.8 Å². The number of aromatic nitrogens is 2. The molecule has 2 aromatic rings. The Balaban J connectivity index is 2.13. The Morgan fingerprint density at radius 2 is 2.16 bits per heavy atom. The largest absolute Gasteiger partial charge is 0.384 e. The van der Waals surface area contributed by atoms with Crippen LogP contribution in [0.2, 0.25) is 0 Å². The first kappa shape index (κ1) is 13.1. The first-order valence-electron chi connectivity index (χ1n) is 5.94. The van der Waals surface area contributed by atoms with E-state index in [9.17, 15) is 4.79 Å². The maximum absolute atomic E-state index is 12.0. The van der Waals surface area contributed by atoms with E-state index in [-0.39, 0.29) is 11.9 Å². The van der Waals surface area contributed by atoms with Crippen molar-refractivity contribution in [2.75, 3.05) is 5.73 Å². The van der Waals surface area contributed by atoms with Crippen molar-refractivity contribution >= 4 is 11.7 Å². The molecule has 0 saturated heterocycles. The summed E-state index contributed by atoms with van der Waals surface area (Å²) in [6, 6.07) is 3.05. The van der Waals surface area contributed by atoms with Crippen molar-refractivity contribution in [3.63, 3.8) is 0 Å². The molecule has 2 heterocycles. The standard InChI is InChI=1S/C13H16N4O2/c1-7(12-8(2)17-19-9(12)3)16-13(18)10-4-5-11(14)15-6-10/h4-7H,1-3H3,(H2,14,15)(H,16,18). The molecular formula is C13H16N4O2. The van der Waals surface area contributed by atoms with Crippen LogP contribution in [0.5, 0.6) is 0 Å². The molecule has 2 rings (SSSR count). The lowest BCUT2D eigenvalue weighted by Gasteiger charge is -2.13. The highest BCUT2D eigenvalue weighted by atomic mass is 16.5. The van der Waals surface area contributed by atoms with Crippen LogP contribution in [-0.4, -0.2) is 16.0 Å². The summed E-state index contributed by atoms with van der Waals surface area (Å²) in [5, 5.41) is 6.75. The molecule has 19 heavy (non-hydrogen) atoms. The predicted molar refractivity (Wildman–Crippen MR) is 70.5 cm³/mol. The molecular weight excluding hydrogens is 244 g/mol. The third-order valence-corrected chi connectivity index (χ3v) is 2.92. The zero-order valence-electron chi connectivity index (χ0n) is 11.1. The quantitative estimate of drug-likeness (QED) is 0.876. The number of nitrogens with one attached hydrogen (secondary N) is 1. The number of nitrogen functional groups attached to an aromatic ring is 1. The Morgan fingerprint density at radius 1 is 1.42 bits per heavy atom. The van der Waals surface area contributed by atoms with E-state index in [0.29, 0.717) is 17.1 Å². The highest BCUT2D eigenvalue weighted by Gasteiger charge is 2.18. The third-order valence-electron chi connectivity index (χ3n) is 2.92.